The number of fused-ring (bicyclic) bond motifs is 6. The Morgan fingerprint density at radius 1 is 0.302 bits per heavy atom. The molecule has 0 aliphatic rings. The van der Waals surface area contributed by atoms with Gasteiger partial charge in [-0.25, -0.2) is 0 Å². The zero-order chi connectivity index (χ0) is 41.7. The van der Waals surface area contributed by atoms with Crippen LogP contribution in [-0.2, 0) is 0 Å². The molecule has 3 heteroatoms. The molecule has 12 aromatic rings. The summed E-state index contributed by atoms with van der Waals surface area (Å²) in [4.78, 5) is 2.41. The van der Waals surface area contributed by atoms with Crippen molar-refractivity contribution in [3.8, 4) is 50.2 Å². The second-order valence-electron chi connectivity index (χ2n) is 16.1. The monoisotopic (exact) mass is 820 g/mol. The van der Waals surface area contributed by atoms with Crippen molar-refractivity contribution >= 4 is 70.4 Å². The molecule has 0 aliphatic carbocycles. The molecule has 0 unspecified atom stereocenters. The first-order valence-electron chi connectivity index (χ1n) is 21.5. The summed E-state index contributed by atoms with van der Waals surface area (Å²) in [5.41, 5.74) is 16.4. The van der Waals surface area contributed by atoms with Gasteiger partial charge in [0.2, 0.25) is 0 Å². The molecule has 2 aromatic heterocycles. The fourth-order valence-corrected chi connectivity index (χ4v) is 10.6. The van der Waals surface area contributed by atoms with Crippen molar-refractivity contribution in [3.05, 3.63) is 243 Å². The Hall–Kier alpha value is -7.98. The first-order chi connectivity index (χ1) is 31.2. The molecule has 0 atom stereocenters. The van der Waals surface area contributed by atoms with E-state index in [1.807, 2.05) is 11.3 Å². The van der Waals surface area contributed by atoms with Crippen molar-refractivity contribution in [3.63, 3.8) is 0 Å². The molecule has 0 amide bonds. The third-order valence-electron chi connectivity index (χ3n) is 12.4. The minimum atomic E-state index is 1.09. The quantitative estimate of drug-likeness (QED) is 0.148. The molecule has 2 heterocycles. The van der Waals surface area contributed by atoms with Crippen LogP contribution in [-0.4, -0.2) is 4.57 Å². The Morgan fingerprint density at radius 3 is 1.54 bits per heavy atom. The van der Waals surface area contributed by atoms with Gasteiger partial charge in [0, 0.05) is 53.7 Å². The van der Waals surface area contributed by atoms with Gasteiger partial charge in [-0.2, -0.15) is 0 Å². The van der Waals surface area contributed by atoms with Gasteiger partial charge in [0.25, 0.3) is 0 Å². The molecule has 12 rings (SSSR count). The highest BCUT2D eigenvalue weighted by molar-refractivity contribution is 7.26. The predicted octanol–water partition coefficient (Wildman–Crippen LogP) is 17.3. The highest BCUT2D eigenvalue weighted by Gasteiger charge is 2.19. The lowest BCUT2D eigenvalue weighted by atomic mass is 9.96. The van der Waals surface area contributed by atoms with Crippen LogP contribution in [0.1, 0.15) is 0 Å². The van der Waals surface area contributed by atoms with E-state index < -0.39 is 0 Å². The summed E-state index contributed by atoms with van der Waals surface area (Å²) >= 11 is 1.88. The number of rotatable bonds is 8. The Bertz CT molecular complexity index is 3590. The van der Waals surface area contributed by atoms with E-state index in [4.69, 9.17) is 0 Å². The molecule has 0 fully saturated rings. The minimum Gasteiger partial charge on any atom is -0.310 e. The van der Waals surface area contributed by atoms with Crippen molar-refractivity contribution in [2.45, 2.75) is 0 Å². The van der Waals surface area contributed by atoms with Gasteiger partial charge in [0.1, 0.15) is 0 Å². The molecule has 0 aliphatic heterocycles. The molecular weight excluding hydrogens is 781 g/mol. The van der Waals surface area contributed by atoms with Crippen LogP contribution in [0.15, 0.2) is 243 Å². The van der Waals surface area contributed by atoms with E-state index in [1.165, 1.54) is 86.5 Å². The Morgan fingerprint density at radius 2 is 0.825 bits per heavy atom. The van der Waals surface area contributed by atoms with Crippen molar-refractivity contribution in [1.29, 1.82) is 0 Å². The van der Waals surface area contributed by atoms with E-state index in [9.17, 15) is 0 Å². The molecule has 2 nitrogen and oxygen atoms in total. The summed E-state index contributed by atoms with van der Waals surface area (Å²) in [6.45, 7) is 0. The minimum absolute atomic E-state index is 1.09. The molecule has 0 N–H and O–H groups in total. The first kappa shape index (κ1) is 36.8. The Balaban J connectivity index is 1.01. The highest BCUT2D eigenvalue weighted by Crippen LogP contribution is 2.45. The van der Waals surface area contributed by atoms with E-state index in [0.29, 0.717) is 0 Å². The SMILES string of the molecule is c1ccc(-c2ccc(N(c3ccc(-c4ccc5c(c4)c4ccccc4n5-c4ccccc4)cc3)c3cc(-c4ccccc4)cc(-c4cccc5c4sc4ccccc45)c3)cc2)cc1. The Kier molecular flexibility index (Phi) is 9.06. The summed E-state index contributed by atoms with van der Waals surface area (Å²) in [6.07, 6.45) is 0. The zero-order valence-corrected chi connectivity index (χ0v) is 35.2. The van der Waals surface area contributed by atoms with Gasteiger partial charge in [-0.05, 0) is 123 Å². The fourth-order valence-electron chi connectivity index (χ4n) is 9.36. The van der Waals surface area contributed by atoms with Crippen LogP contribution in [0.4, 0.5) is 17.1 Å². The summed E-state index contributed by atoms with van der Waals surface area (Å²) in [6, 6.07) is 88.4. The second-order valence-corrected chi connectivity index (χ2v) is 17.2. The lowest BCUT2D eigenvalue weighted by Crippen LogP contribution is -2.10. The number of nitrogens with zero attached hydrogens (tertiary/aromatic N) is 2. The largest absolute Gasteiger partial charge is 0.310 e. The smallest absolute Gasteiger partial charge is 0.0541 e. The Labute approximate surface area is 370 Å². The van der Waals surface area contributed by atoms with Crippen LogP contribution >= 0.6 is 11.3 Å². The maximum absolute atomic E-state index is 2.41. The van der Waals surface area contributed by atoms with E-state index in [-0.39, 0.29) is 0 Å². The number of benzene rings is 10. The average Bonchev–Trinajstić information content (AvgIpc) is 3.91. The van der Waals surface area contributed by atoms with E-state index in [2.05, 4.69) is 252 Å². The molecule has 0 bridgehead atoms. The van der Waals surface area contributed by atoms with Gasteiger partial charge >= 0.3 is 0 Å². The molecule has 0 spiro atoms. The van der Waals surface area contributed by atoms with Crippen LogP contribution in [0, 0.1) is 0 Å². The maximum Gasteiger partial charge on any atom is 0.0541 e. The van der Waals surface area contributed by atoms with Gasteiger partial charge in [0.05, 0.1) is 11.0 Å². The molecule has 0 radical (unpaired) electrons. The van der Waals surface area contributed by atoms with Crippen molar-refractivity contribution in [2.75, 3.05) is 4.90 Å². The number of para-hydroxylation sites is 2. The molecule has 63 heavy (non-hydrogen) atoms. The summed E-state index contributed by atoms with van der Waals surface area (Å²) < 4.78 is 4.99. The standard InChI is InChI=1S/C60H40N2S/c1-4-15-41(16-5-1)43-27-32-49(33-28-43)61(50-34-29-44(30-35-50)45-31-36-58-56(40-45)53-21-10-12-25-57(53)62(58)48-19-8-3-9-20-48)51-38-46(42-17-6-2-7-18-42)37-47(39-51)52-23-14-24-55-54-22-11-13-26-59(54)63-60(52)55/h1-40H. The summed E-state index contributed by atoms with van der Waals surface area (Å²) in [5.74, 6) is 0. The zero-order valence-electron chi connectivity index (χ0n) is 34.4. The van der Waals surface area contributed by atoms with Crippen molar-refractivity contribution in [2.24, 2.45) is 0 Å². The lowest BCUT2D eigenvalue weighted by molar-refractivity contribution is 1.18. The van der Waals surface area contributed by atoms with Crippen LogP contribution in [0.25, 0.3) is 92.2 Å². The predicted molar refractivity (Wildman–Crippen MR) is 270 cm³/mol. The van der Waals surface area contributed by atoms with Crippen LogP contribution < -0.4 is 4.90 Å². The van der Waals surface area contributed by atoms with E-state index in [1.54, 1.807) is 0 Å². The summed E-state index contributed by atoms with van der Waals surface area (Å²) in [5, 5.41) is 5.10. The third kappa shape index (κ3) is 6.58. The number of hydrogen-bond donors (Lipinski definition) is 0. The van der Waals surface area contributed by atoms with Crippen LogP contribution in [0.2, 0.25) is 0 Å². The number of hydrogen-bond acceptors (Lipinski definition) is 2. The van der Waals surface area contributed by atoms with E-state index in [0.717, 1.165) is 22.7 Å². The molecule has 0 saturated heterocycles. The third-order valence-corrected chi connectivity index (χ3v) is 13.6. The topological polar surface area (TPSA) is 8.17 Å². The van der Waals surface area contributed by atoms with Gasteiger partial charge in [0.15, 0.2) is 0 Å². The highest BCUT2D eigenvalue weighted by atomic mass is 32.1. The van der Waals surface area contributed by atoms with Gasteiger partial charge in [-0.1, -0.05) is 164 Å². The fraction of sp³-hybridized carbons (Fsp3) is 0. The molecular formula is C60H40N2S. The number of aromatic nitrogens is 1. The second kappa shape index (κ2) is 15.5. The summed E-state index contributed by atoms with van der Waals surface area (Å²) in [7, 11) is 0. The van der Waals surface area contributed by atoms with Gasteiger partial charge < -0.3 is 9.47 Å². The average molecular weight is 821 g/mol. The van der Waals surface area contributed by atoms with Crippen LogP contribution in [0.3, 0.4) is 0 Å². The van der Waals surface area contributed by atoms with Crippen molar-refractivity contribution in [1.82, 2.24) is 4.57 Å². The normalized spacial score (nSPS) is 11.5. The molecule has 296 valence electrons. The first-order valence-corrected chi connectivity index (χ1v) is 22.3. The molecule has 0 saturated carbocycles. The maximum atomic E-state index is 2.41. The van der Waals surface area contributed by atoms with Gasteiger partial charge in [-0.3, -0.25) is 0 Å². The van der Waals surface area contributed by atoms with E-state index >= 15 is 0 Å². The number of anilines is 3. The lowest BCUT2D eigenvalue weighted by Gasteiger charge is -2.27. The van der Waals surface area contributed by atoms with Crippen LogP contribution in [0.5, 0.6) is 0 Å². The van der Waals surface area contributed by atoms with Gasteiger partial charge in [-0.15, -0.1) is 11.3 Å². The molecule has 10 aromatic carbocycles. The van der Waals surface area contributed by atoms with Crippen molar-refractivity contribution < 1.29 is 0 Å². The number of thiophene rings is 1.